The molecule has 0 aromatic carbocycles. The van der Waals surface area contributed by atoms with Gasteiger partial charge in [-0.05, 0) is 83.1 Å². The SMILES string of the molecule is CCCCCCCC/C=C/CCCCCCCCCCCCCCCCCC(=O)OC(/C=C\CCCCCCCCCCC)C(COP(=O)(O)OCC[N+](C)(C)C)NC(=O)CCCCC/C=C\CCCCCCCCC. The second kappa shape index (κ2) is 56.5. The van der Waals surface area contributed by atoms with Crippen molar-refractivity contribution in [3.8, 4) is 0 Å². The number of amides is 1. The van der Waals surface area contributed by atoms with Gasteiger partial charge in [0.1, 0.15) is 19.3 Å². The smallest absolute Gasteiger partial charge is 0.456 e. The highest BCUT2D eigenvalue weighted by Gasteiger charge is 2.30. The van der Waals surface area contributed by atoms with E-state index in [1.54, 1.807) is 0 Å². The van der Waals surface area contributed by atoms with E-state index in [9.17, 15) is 19.0 Å². The van der Waals surface area contributed by atoms with Gasteiger partial charge < -0.3 is 19.4 Å². The first-order chi connectivity index (χ1) is 36.9. The minimum Gasteiger partial charge on any atom is -0.456 e. The Morgan fingerprint density at radius 3 is 1.13 bits per heavy atom. The Labute approximate surface area is 472 Å². The molecule has 0 aliphatic carbocycles. The molecule has 0 radical (unpaired) electrons. The lowest BCUT2D eigenvalue weighted by molar-refractivity contribution is -0.870. The van der Waals surface area contributed by atoms with Gasteiger partial charge in [-0.1, -0.05) is 263 Å². The molecule has 0 heterocycles. The van der Waals surface area contributed by atoms with E-state index in [2.05, 4.69) is 50.4 Å². The number of esters is 1. The van der Waals surface area contributed by atoms with Gasteiger partial charge in [0, 0.05) is 12.8 Å². The van der Waals surface area contributed by atoms with E-state index in [1.807, 2.05) is 33.3 Å². The van der Waals surface area contributed by atoms with Crippen LogP contribution in [0.2, 0.25) is 0 Å². The van der Waals surface area contributed by atoms with Crippen LogP contribution in [0.25, 0.3) is 0 Å². The number of carbonyl (C=O) groups is 2. The second-order valence-corrected chi connectivity index (χ2v) is 25.1. The predicted octanol–water partition coefficient (Wildman–Crippen LogP) is 20.3. The molecule has 0 aromatic rings. The van der Waals surface area contributed by atoms with Crippen molar-refractivity contribution in [3.05, 3.63) is 36.5 Å². The summed E-state index contributed by atoms with van der Waals surface area (Å²) in [5.74, 6) is -0.511. The van der Waals surface area contributed by atoms with Crippen molar-refractivity contribution in [1.82, 2.24) is 5.32 Å². The van der Waals surface area contributed by atoms with Crippen molar-refractivity contribution >= 4 is 19.7 Å². The minimum atomic E-state index is -4.45. The number of unbranched alkanes of at least 4 members (excludes halogenated alkanes) is 40. The Morgan fingerprint density at radius 1 is 0.447 bits per heavy atom. The summed E-state index contributed by atoms with van der Waals surface area (Å²) < 4.78 is 30.7. The molecule has 0 rings (SSSR count). The number of hydrogen-bond donors (Lipinski definition) is 2. The molecular weight excluding hydrogens is 964 g/mol. The molecule has 3 unspecified atom stereocenters. The monoisotopic (exact) mass is 1090 g/mol. The van der Waals surface area contributed by atoms with Crippen molar-refractivity contribution in [3.63, 3.8) is 0 Å². The summed E-state index contributed by atoms with van der Waals surface area (Å²) in [4.78, 5) is 37.7. The highest BCUT2D eigenvalue weighted by Crippen LogP contribution is 2.43. The third kappa shape index (κ3) is 56.9. The maximum atomic E-state index is 13.5. The zero-order valence-electron chi connectivity index (χ0n) is 51.3. The van der Waals surface area contributed by atoms with Crippen LogP contribution in [-0.4, -0.2) is 74.3 Å². The Hall–Kier alpha value is -1.77. The van der Waals surface area contributed by atoms with Gasteiger partial charge >= 0.3 is 13.8 Å². The molecule has 0 aromatic heterocycles. The topological polar surface area (TPSA) is 111 Å². The first kappa shape index (κ1) is 74.2. The molecule has 0 aliphatic rings. The molecule has 0 bridgehead atoms. The summed E-state index contributed by atoms with van der Waals surface area (Å²) >= 11 is 0. The highest BCUT2D eigenvalue weighted by molar-refractivity contribution is 7.47. The average Bonchev–Trinajstić information content (AvgIpc) is 3.38. The number of nitrogens with zero attached hydrogens (tertiary/aromatic N) is 1. The fourth-order valence-corrected chi connectivity index (χ4v) is 10.4. The number of allylic oxidation sites excluding steroid dienone is 5. The average molecular weight is 1090 g/mol. The van der Waals surface area contributed by atoms with E-state index in [0.29, 0.717) is 23.9 Å². The predicted molar refractivity (Wildman–Crippen MR) is 328 cm³/mol. The Balaban J connectivity index is 5.03. The van der Waals surface area contributed by atoms with E-state index in [4.69, 9.17) is 13.8 Å². The van der Waals surface area contributed by atoms with Gasteiger partial charge in [-0.3, -0.25) is 18.6 Å². The lowest BCUT2D eigenvalue weighted by atomic mass is 10.0. The number of quaternary nitrogens is 1. The molecule has 1 amide bonds. The van der Waals surface area contributed by atoms with Crippen molar-refractivity contribution in [2.45, 2.75) is 335 Å². The number of nitrogens with one attached hydrogen (secondary N) is 1. The third-order valence-corrected chi connectivity index (χ3v) is 15.8. The summed E-state index contributed by atoms with van der Waals surface area (Å²) in [6.07, 6.45) is 68.7. The molecule has 9 nitrogen and oxygen atoms in total. The number of phosphoric acid groups is 1. The van der Waals surface area contributed by atoms with Crippen LogP contribution >= 0.6 is 7.82 Å². The molecule has 10 heteroatoms. The van der Waals surface area contributed by atoms with Gasteiger partial charge in [0.05, 0.1) is 33.8 Å². The normalized spacial score (nSPS) is 13.8. The quantitative estimate of drug-likeness (QED) is 0.0205. The van der Waals surface area contributed by atoms with Crippen molar-refractivity contribution < 1.29 is 37.3 Å². The standard InChI is InChI=1S/C66H127N2O7P/c1-7-10-13-16-19-22-25-27-29-30-31-32-33-34-35-36-37-38-39-41-44-47-50-53-56-59-66(70)75-64(57-54-51-48-45-42-24-21-18-15-12-9-3)63(62-74-76(71,72)73-61-60-68(4,5)6)67-65(69)58-55-52-49-46-43-40-28-26-23-20-17-14-11-8-2/h27,29,40,43,54,57,63-64H,7-26,28,30-39,41-42,44-53,55-56,58-62H2,1-6H3,(H-,67,69,71,72)/p+1/b29-27+,43-40-,57-54-. The molecule has 3 atom stereocenters. The molecule has 0 saturated carbocycles. The van der Waals surface area contributed by atoms with Gasteiger partial charge in [-0.15, -0.1) is 0 Å². The number of ether oxygens (including phenoxy) is 1. The van der Waals surface area contributed by atoms with Gasteiger partial charge in [0.25, 0.3) is 0 Å². The number of hydrogen-bond acceptors (Lipinski definition) is 6. The maximum absolute atomic E-state index is 13.5. The summed E-state index contributed by atoms with van der Waals surface area (Å²) in [7, 11) is 1.50. The van der Waals surface area contributed by atoms with E-state index in [0.717, 1.165) is 70.6 Å². The van der Waals surface area contributed by atoms with Crippen molar-refractivity contribution in [1.29, 1.82) is 0 Å². The zero-order valence-corrected chi connectivity index (χ0v) is 52.2. The highest BCUT2D eigenvalue weighted by atomic mass is 31.2. The van der Waals surface area contributed by atoms with Crippen LogP contribution in [-0.2, 0) is 27.9 Å². The summed E-state index contributed by atoms with van der Waals surface area (Å²) in [5.41, 5.74) is 0. The van der Waals surface area contributed by atoms with Crippen LogP contribution in [0.15, 0.2) is 36.5 Å². The zero-order chi connectivity index (χ0) is 55.7. The van der Waals surface area contributed by atoms with Crippen LogP contribution in [0.1, 0.15) is 323 Å². The fourth-order valence-electron chi connectivity index (χ4n) is 9.70. The molecular formula is C66H128N2O7P+. The van der Waals surface area contributed by atoms with Gasteiger partial charge in [0.2, 0.25) is 5.91 Å². The molecule has 0 aliphatic heterocycles. The third-order valence-electron chi connectivity index (χ3n) is 14.8. The van der Waals surface area contributed by atoms with Crippen LogP contribution in [0.4, 0.5) is 0 Å². The molecule has 76 heavy (non-hydrogen) atoms. The van der Waals surface area contributed by atoms with E-state index in [-0.39, 0.29) is 25.1 Å². The molecule has 0 spiro atoms. The first-order valence-electron chi connectivity index (χ1n) is 32.8. The minimum absolute atomic E-state index is 0.0396. The number of rotatable bonds is 60. The molecule has 2 N–H and O–H groups in total. The van der Waals surface area contributed by atoms with Crippen molar-refractivity contribution in [2.75, 3.05) is 40.9 Å². The lowest BCUT2D eigenvalue weighted by Crippen LogP contribution is -2.47. The van der Waals surface area contributed by atoms with Crippen LogP contribution in [0.5, 0.6) is 0 Å². The fraction of sp³-hybridized carbons (Fsp3) is 0.879. The van der Waals surface area contributed by atoms with Gasteiger partial charge in [0.15, 0.2) is 0 Å². The largest absolute Gasteiger partial charge is 0.472 e. The summed E-state index contributed by atoms with van der Waals surface area (Å²) in [5, 5.41) is 3.05. The van der Waals surface area contributed by atoms with Crippen LogP contribution in [0.3, 0.4) is 0 Å². The molecule has 0 fully saturated rings. The Bertz CT molecular complexity index is 1400. The van der Waals surface area contributed by atoms with Crippen LogP contribution in [0, 0.1) is 0 Å². The summed E-state index contributed by atoms with van der Waals surface area (Å²) in [6.45, 7) is 7.02. The van der Waals surface area contributed by atoms with Gasteiger partial charge in [-0.25, -0.2) is 4.57 Å². The number of likely N-dealkylation sites (N-methyl/N-ethyl adjacent to an activating group) is 1. The second-order valence-electron chi connectivity index (χ2n) is 23.6. The maximum Gasteiger partial charge on any atom is 0.472 e. The molecule has 0 saturated heterocycles. The summed E-state index contributed by atoms with van der Waals surface area (Å²) in [6, 6.07) is -0.852. The van der Waals surface area contributed by atoms with Crippen LogP contribution < -0.4 is 5.32 Å². The Morgan fingerprint density at radius 2 is 0.763 bits per heavy atom. The van der Waals surface area contributed by atoms with E-state index >= 15 is 0 Å². The number of phosphoric ester groups is 1. The van der Waals surface area contributed by atoms with Crippen molar-refractivity contribution in [2.24, 2.45) is 0 Å². The van der Waals surface area contributed by atoms with E-state index in [1.165, 1.54) is 218 Å². The van der Waals surface area contributed by atoms with Gasteiger partial charge in [-0.2, -0.15) is 0 Å². The molecule has 448 valence electrons. The van der Waals surface area contributed by atoms with E-state index < -0.39 is 20.0 Å². The Kier molecular flexibility index (Phi) is 55.2. The number of carbonyl (C=O) groups excluding carboxylic acids is 2. The lowest BCUT2D eigenvalue weighted by Gasteiger charge is -2.27. The first-order valence-corrected chi connectivity index (χ1v) is 34.3.